The predicted molar refractivity (Wildman–Crippen MR) is 119 cm³/mol. The van der Waals surface area contributed by atoms with Crippen LogP contribution in [0, 0.1) is 6.92 Å². The summed E-state index contributed by atoms with van der Waals surface area (Å²) < 4.78 is 6.41. The molecule has 0 fully saturated rings. The van der Waals surface area contributed by atoms with Crippen LogP contribution < -0.4 is 5.32 Å². The number of hydrogen-bond acceptors (Lipinski definition) is 4. The maximum atomic E-state index is 13.3. The van der Waals surface area contributed by atoms with Crippen LogP contribution in [0.1, 0.15) is 26.4 Å². The van der Waals surface area contributed by atoms with Crippen LogP contribution in [0.5, 0.6) is 0 Å². The van der Waals surface area contributed by atoms with Crippen LogP contribution in [0.3, 0.4) is 0 Å². The minimum atomic E-state index is -0.462. The average Bonchev–Trinajstić information content (AvgIpc) is 3.27. The summed E-state index contributed by atoms with van der Waals surface area (Å²) >= 11 is 0. The molecule has 154 valence electrons. The Hall–Kier alpha value is -4.19. The number of aromatic nitrogens is 2. The van der Waals surface area contributed by atoms with Gasteiger partial charge in [-0.3, -0.25) is 4.79 Å². The number of anilines is 1. The summed E-state index contributed by atoms with van der Waals surface area (Å²) in [7, 11) is 1.32. The van der Waals surface area contributed by atoms with Crippen LogP contribution in [-0.4, -0.2) is 28.8 Å². The lowest BCUT2D eigenvalue weighted by molar-refractivity contribution is 0.0600. The Balaban J connectivity index is 1.74. The van der Waals surface area contributed by atoms with E-state index < -0.39 is 5.97 Å². The van der Waals surface area contributed by atoms with Crippen molar-refractivity contribution in [1.29, 1.82) is 0 Å². The van der Waals surface area contributed by atoms with E-state index in [9.17, 15) is 9.59 Å². The fourth-order valence-corrected chi connectivity index (χ4v) is 3.25. The molecule has 0 bridgehead atoms. The zero-order chi connectivity index (χ0) is 21.8. The van der Waals surface area contributed by atoms with Crippen molar-refractivity contribution in [2.45, 2.75) is 6.92 Å². The topological polar surface area (TPSA) is 73.2 Å². The van der Waals surface area contributed by atoms with Crippen molar-refractivity contribution in [3.05, 3.63) is 102 Å². The third-order valence-electron chi connectivity index (χ3n) is 4.92. The van der Waals surface area contributed by atoms with E-state index >= 15 is 0 Å². The second-order valence-corrected chi connectivity index (χ2v) is 7.00. The van der Waals surface area contributed by atoms with E-state index in [1.165, 1.54) is 7.11 Å². The summed E-state index contributed by atoms with van der Waals surface area (Å²) in [6, 6.07) is 26.0. The summed E-state index contributed by atoms with van der Waals surface area (Å²) in [6.07, 6.45) is 0. The van der Waals surface area contributed by atoms with E-state index in [-0.39, 0.29) is 5.91 Å². The van der Waals surface area contributed by atoms with Crippen molar-refractivity contribution >= 4 is 17.6 Å². The van der Waals surface area contributed by atoms with Gasteiger partial charge in [0.25, 0.3) is 5.91 Å². The highest BCUT2D eigenvalue weighted by atomic mass is 16.5. The van der Waals surface area contributed by atoms with E-state index in [1.807, 2.05) is 67.6 Å². The van der Waals surface area contributed by atoms with Crippen LogP contribution in [0.25, 0.3) is 16.9 Å². The number of nitrogens with zero attached hydrogens (tertiary/aromatic N) is 2. The van der Waals surface area contributed by atoms with Crippen LogP contribution in [-0.2, 0) is 4.74 Å². The molecule has 1 amide bonds. The highest BCUT2D eigenvalue weighted by molar-refractivity contribution is 6.05. The third-order valence-corrected chi connectivity index (χ3v) is 4.92. The number of ether oxygens (including phenoxy) is 1. The molecule has 6 nitrogen and oxygen atoms in total. The van der Waals surface area contributed by atoms with Crippen LogP contribution in [0.4, 0.5) is 5.69 Å². The lowest BCUT2D eigenvalue weighted by Crippen LogP contribution is -2.18. The molecule has 0 atom stereocenters. The predicted octanol–water partition coefficient (Wildman–Crippen LogP) is 4.89. The molecular weight excluding hydrogens is 390 g/mol. The molecule has 4 aromatic rings. The Morgan fingerprint density at radius 1 is 0.903 bits per heavy atom. The van der Waals surface area contributed by atoms with Gasteiger partial charge in [0.15, 0.2) is 0 Å². The number of amides is 1. The molecular formula is C25H21N3O3. The second-order valence-electron chi connectivity index (χ2n) is 7.00. The zero-order valence-electron chi connectivity index (χ0n) is 17.2. The first-order chi connectivity index (χ1) is 15.1. The van der Waals surface area contributed by atoms with Gasteiger partial charge in [0, 0.05) is 11.3 Å². The molecule has 1 heterocycles. The van der Waals surface area contributed by atoms with Crippen LogP contribution in [0.2, 0.25) is 0 Å². The number of para-hydroxylation sites is 1. The van der Waals surface area contributed by atoms with E-state index in [0.717, 1.165) is 16.8 Å². The van der Waals surface area contributed by atoms with E-state index in [2.05, 4.69) is 10.4 Å². The minimum absolute atomic E-state index is 0.330. The highest BCUT2D eigenvalue weighted by Crippen LogP contribution is 2.24. The number of esters is 1. The molecule has 3 aromatic carbocycles. The first-order valence-corrected chi connectivity index (χ1v) is 9.78. The van der Waals surface area contributed by atoms with E-state index in [1.54, 1.807) is 28.9 Å². The van der Waals surface area contributed by atoms with Crippen molar-refractivity contribution in [3.8, 4) is 16.9 Å². The molecule has 0 unspecified atom stereocenters. The van der Waals surface area contributed by atoms with Gasteiger partial charge in [0.05, 0.1) is 24.1 Å². The van der Waals surface area contributed by atoms with Crippen LogP contribution >= 0.6 is 0 Å². The second kappa shape index (κ2) is 8.67. The smallest absolute Gasteiger partial charge is 0.337 e. The van der Waals surface area contributed by atoms with E-state index in [4.69, 9.17) is 4.74 Å². The summed E-state index contributed by atoms with van der Waals surface area (Å²) in [6.45, 7) is 1.86. The molecule has 1 N–H and O–H groups in total. The first kappa shape index (κ1) is 20.1. The molecule has 0 aliphatic carbocycles. The zero-order valence-corrected chi connectivity index (χ0v) is 17.2. The van der Waals surface area contributed by atoms with Crippen molar-refractivity contribution in [1.82, 2.24) is 9.78 Å². The number of methoxy groups -OCH3 is 1. The monoisotopic (exact) mass is 411 g/mol. The highest BCUT2D eigenvalue weighted by Gasteiger charge is 2.19. The van der Waals surface area contributed by atoms with Gasteiger partial charge in [0.1, 0.15) is 5.69 Å². The maximum absolute atomic E-state index is 13.3. The van der Waals surface area contributed by atoms with Crippen molar-refractivity contribution in [3.63, 3.8) is 0 Å². The summed E-state index contributed by atoms with van der Waals surface area (Å²) in [5.41, 5.74) is 4.49. The van der Waals surface area contributed by atoms with Gasteiger partial charge in [-0.25, -0.2) is 9.48 Å². The fraction of sp³-hybridized carbons (Fsp3) is 0.0800. The van der Waals surface area contributed by atoms with Crippen molar-refractivity contribution < 1.29 is 14.3 Å². The number of rotatable bonds is 5. The number of nitrogens with one attached hydrogen (secondary N) is 1. The lowest BCUT2D eigenvalue weighted by Gasteiger charge is -2.11. The Morgan fingerprint density at radius 3 is 2.26 bits per heavy atom. The molecule has 31 heavy (non-hydrogen) atoms. The SMILES string of the molecule is COC(=O)c1ccc(C)c(NC(=O)c2cc(-c3ccccc3)nn2-c2ccccc2)c1. The fourth-order valence-electron chi connectivity index (χ4n) is 3.25. The molecule has 4 rings (SSSR count). The largest absolute Gasteiger partial charge is 0.465 e. The molecule has 0 spiro atoms. The summed E-state index contributed by atoms with van der Waals surface area (Å²) in [5.74, 6) is -0.792. The van der Waals surface area contributed by atoms with Gasteiger partial charge in [-0.15, -0.1) is 0 Å². The lowest BCUT2D eigenvalue weighted by atomic mass is 10.1. The number of carbonyl (C=O) groups excluding carboxylic acids is 2. The normalized spacial score (nSPS) is 10.5. The van der Waals surface area contributed by atoms with Crippen molar-refractivity contribution in [2.24, 2.45) is 0 Å². The number of aryl methyl sites for hydroxylation is 1. The number of benzene rings is 3. The maximum Gasteiger partial charge on any atom is 0.337 e. The number of carbonyl (C=O) groups is 2. The standard InChI is InChI=1S/C25H21N3O3/c1-17-13-14-19(25(30)31-2)15-21(17)26-24(29)23-16-22(18-9-5-3-6-10-18)27-28(23)20-11-7-4-8-12-20/h3-16H,1-2H3,(H,26,29). The quantitative estimate of drug-likeness (QED) is 0.475. The van der Waals surface area contributed by atoms with Gasteiger partial charge < -0.3 is 10.1 Å². The van der Waals surface area contributed by atoms with Gasteiger partial charge >= 0.3 is 5.97 Å². The molecule has 0 saturated carbocycles. The van der Waals surface area contributed by atoms with Crippen molar-refractivity contribution in [2.75, 3.05) is 12.4 Å². The molecule has 0 aliphatic rings. The Labute approximate surface area is 180 Å². The Bertz CT molecular complexity index is 1230. The first-order valence-electron chi connectivity index (χ1n) is 9.78. The average molecular weight is 411 g/mol. The molecule has 0 saturated heterocycles. The van der Waals surface area contributed by atoms with Gasteiger partial charge in [-0.1, -0.05) is 54.6 Å². The minimum Gasteiger partial charge on any atom is -0.465 e. The summed E-state index contributed by atoms with van der Waals surface area (Å²) in [5, 5.41) is 7.59. The van der Waals surface area contributed by atoms with Gasteiger partial charge in [0.2, 0.25) is 0 Å². The molecule has 1 aromatic heterocycles. The Morgan fingerprint density at radius 2 is 1.58 bits per heavy atom. The summed E-state index contributed by atoms with van der Waals surface area (Å²) in [4.78, 5) is 25.2. The van der Waals surface area contributed by atoms with Crippen LogP contribution in [0.15, 0.2) is 84.9 Å². The third kappa shape index (κ3) is 4.23. The Kier molecular flexibility index (Phi) is 5.62. The number of hydrogen-bond donors (Lipinski definition) is 1. The molecule has 0 radical (unpaired) electrons. The van der Waals surface area contributed by atoms with Gasteiger partial charge in [-0.2, -0.15) is 5.10 Å². The van der Waals surface area contributed by atoms with Gasteiger partial charge in [-0.05, 0) is 42.8 Å². The van der Waals surface area contributed by atoms with E-state index in [0.29, 0.717) is 22.6 Å². The molecule has 0 aliphatic heterocycles. The molecule has 6 heteroatoms.